The van der Waals surface area contributed by atoms with Gasteiger partial charge in [0.15, 0.2) is 0 Å². The fourth-order valence-electron chi connectivity index (χ4n) is 2.24. The normalized spacial score (nSPS) is 11.4. The fraction of sp³-hybridized carbons (Fsp3) is 0.222. The maximum Gasteiger partial charge on any atom is 0.248 e. The lowest BCUT2D eigenvalue weighted by atomic mass is 10.2. The molecule has 2 amide bonds. The van der Waals surface area contributed by atoms with Crippen LogP contribution in [-0.4, -0.2) is 32.1 Å². The lowest BCUT2D eigenvalue weighted by molar-refractivity contribution is -0.116. The number of methoxy groups -OCH3 is 2. The minimum Gasteiger partial charge on any atom is -0.495 e. The number of rotatable bonds is 7. The summed E-state index contributed by atoms with van der Waals surface area (Å²) in [6.07, 6.45) is 0. The summed E-state index contributed by atoms with van der Waals surface area (Å²) in [5.41, 5.74) is 6.67. The van der Waals surface area contributed by atoms with Crippen molar-refractivity contribution in [2.75, 3.05) is 24.9 Å². The molecule has 8 heteroatoms. The van der Waals surface area contributed by atoms with E-state index in [-0.39, 0.29) is 5.91 Å². The summed E-state index contributed by atoms with van der Waals surface area (Å²) in [5.74, 6) is 0.171. The number of halogens is 1. The number of hydrogen-bond acceptors (Lipinski definition) is 5. The Morgan fingerprint density at radius 3 is 2.23 bits per heavy atom. The van der Waals surface area contributed by atoms with Gasteiger partial charge in [0, 0.05) is 17.3 Å². The maximum absolute atomic E-state index is 12.4. The molecule has 0 fully saturated rings. The average molecular weight is 378 g/mol. The van der Waals surface area contributed by atoms with Crippen molar-refractivity contribution in [2.45, 2.75) is 13.0 Å². The van der Waals surface area contributed by atoms with E-state index in [1.54, 1.807) is 43.3 Å². The second-order valence-corrected chi connectivity index (χ2v) is 5.89. The van der Waals surface area contributed by atoms with Crippen LogP contribution in [0.1, 0.15) is 17.3 Å². The Kier molecular flexibility index (Phi) is 6.30. The van der Waals surface area contributed by atoms with Crippen molar-refractivity contribution in [2.24, 2.45) is 5.73 Å². The number of primary amides is 1. The molecule has 0 saturated heterocycles. The van der Waals surface area contributed by atoms with Crippen LogP contribution >= 0.6 is 11.6 Å². The third-order valence-electron chi connectivity index (χ3n) is 3.68. The number of ether oxygens (including phenoxy) is 2. The summed E-state index contributed by atoms with van der Waals surface area (Å²) < 4.78 is 10.4. The van der Waals surface area contributed by atoms with Gasteiger partial charge in [-0.05, 0) is 37.3 Å². The van der Waals surface area contributed by atoms with Crippen molar-refractivity contribution < 1.29 is 19.1 Å². The first-order chi connectivity index (χ1) is 12.3. The Balaban J connectivity index is 2.09. The Bertz CT molecular complexity index is 809. The molecule has 0 saturated carbocycles. The number of benzene rings is 2. The number of carbonyl (C=O) groups is 2. The van der Waals surface area contributed by atoms with Crippen LogP contribution in [0.4, 0.5) is 11.4 Å². The molecular formula is C18H20ClN3O4. The zero-order chi connectivity index (χ0) is 19.3. The van der Waals surface area contributed by atoms with Gasteiger partial charge in [-0.2, -0.15) is 0 Å². The van der Waals surface area contributed by atoms with Gasteiger partial charge in [-0.3, -0.25) is 9.59 Å². The molecule has 7 nitrogen and oxygen atoms in total. The van der Waals surface area contributed by atoms with E-state index in [1.165, 1.54) is 14.2 Å². The Morgan fingerprint density at radius 2 is 1.69 bits per heavy atom. The zero-order valence-electron chi connectivity index (χ0n) is 14.6. The zero-order valence-corrected chi connectivity index (χ0v) is 15.4. The van der Waals surface area contributed by atoms with Crippen LogP contribution in [0, 0.1) is 0 Å². The molecule has 0 bridgehead atoms. The van der Waals surface area contributed by atoms with Gasteiger partial charge in [0.2, 0.25) is 11.8 Å². The molecule has 0 spiro atoms. The standard InChI is InChI=1S/C18H20ClN3O4/c1-10(18(24)22-12-6-4-11(5-7-12)17(20)23)21-14-8-13(19)15(25-2)9-16(14)26-3/h4-10,21H,1-3H3,(H2,20,23)(H,22,24)/t10-/m1/s1. The molecule has 0 aliphatic rings. The molecule has 0 aliphatic heterocycles. The number of nitrogens with two attached hydrogens (primary N) is 1. The van der Waals surface area contributed by atoms with Crippen LogP contribution in [0.5, 0.6) is 11.5 Å². The van der Waals surface area contributed by atoms with E-state index >= 15 is 0 Å². The van der Waals surface area contributed by atoms with E-state index in [9.17, 15) is 9.59 Å². The molecule has 2 rings (SSSR count). The van der Waals surface area contributed by atoms with E-state index in [1.807, 2.05) is 0 Å². The lowest BCUT2D eigenvalue weighted by Gasteiger charge is -2.18. The van der Waals surface area contributed by atoms with Crippen LogP contribution < -0.4 is 25.8 Å². The average Bonchev–Trinajstić information content (AvgIpc) is 2.62. The summed E-state index contributed by atoms with van der Waals surface area (Å²) in [5, 5.41) is 6.20. The molecule has 4 N–H and O–H groups in total. The first kappa shape index (κ1) is 19.4. The van der Waals surface area contributed by atoms with Crippen molar-refractivity contribution in [3.05, 3.63) is 47.0 Å². The summed E-state index contributed by atoms with van der Waals surface area (Å²) >= 11 is 6.13. The molecule has 1 atom stereocenters. The van der Waals surface area contributed by atoms with Crippen molar-refractivity contribution in [1.82, 2.24) is 0 Å². The highest BCUT2D eigenvalue weighted by Gasteiger charge is 2.17. The van der Waals surface area contributed by atoms with Gasteiger partial charge in [0.1, 0.15) is 17.5 Å². The van der Waals surface area contributed by atoms with E-state index < -0.39 is 11.9 Å². The number of carbonyl (C=O) groups excluding carboxylic acids is 2. The quantitative estimate of drug-likeness (QED) is 0.688. The van der Waals surface area contributed by atoms with Gasteiger partial charge in [-0.25, -0.2) is 0 Å². The van der Waals surface area contributed by atoms with Gasteiger partial charge in [0.05, 0.1) is 24.9 Å². The smallest absolute Gasteiger partial charge is 0.248 e. The third-order valence-corrected chi connectivity index (χ3v) is 3.97. The van der Waals surface area contributed by atoms with Gasteiger partial charge < -0.3 is 25.8 Å². The fourth-order valence-corrected chi connectivity index (χ4v) is 2.48. The van der Waals surface area contributed by atoms with E-state index in [0.29, 0.717) is 33.5 Å². The van der Waals surface area contributed by atoms with Gasteiger partial charge in [-0.15, -0.1) is 0 Å². The predicted molar refractivity (Wildman–Crippen MR) is 101 cm³/mol. The number of anilines is 2. The van der Waals surface area contributed by atoms with E-state index in [0.717, 1.165) is 0 Å². The minimum absolute atomic E-state index is 0.272. The molecule has 26 heavy (non-hydrogen) atoms. The Labute approximate surface area is 156 Å². The van der Waals surface area contributed by atoms with Crippen molar-refractivity contribution in [3.8, 4) is 11.5 Å². The van der Waals surface area contributed by atoms with Crippen molar-refractivity contribution >= 4 is 34.8 Å². The number of nitrogens with one attached hydrogen (secondary N) is 2. The minimum atomic E-state index is -0.579. The number of hydrogen-bond donors (Lipinski definition) is 3. The first-order valence-electron chi connectivity index (χ1n) is 7.74. The second kappa shape index (κ2) is 8.44. The molecule has 138 valence electrons. The summed E-state index contributed by atoms with van der Waals surface area (Å²) in [7, 11) is 3.02. The monoisotopic (exact) mass is 377 g/mol. The van der Waals surface area contributed by atoms with Crippen molar-refractivity contribution in [3.63, 3.8) is 0 Å². The second-order valence-electron chi connectivity index (χ2n) is 5.48. The molecule has 2 aromatic rings. The van der Waals surface area contributed by atoms with E-state index in [2.05, 4.69) is 10.6 Å². The number of amides is 2. The molecule has 0 heterocycles. The first-order valence-corrected chi connectivity index (χ1v) is 8.12. The summed E-state index contributed by atoms with van der Waals surface area (Å²) in [6.45, 7) is 1.70. The Hall–Kier alpha value is -2.93. The van der Waals surface area contributed by atoms with E-state index in [4.69, 9.17) is 26.8 Å². The SMILES string of the molecule is COc1cc(OC)c(N[C@H](C)C(=O)Nc2ccc(C(N)=O)cc2)cc1Cl. The maximum atomic E-state index is 12.4. The summed E-state index contributed by atoms with van der Waals surface area (Å²) in [4.78, 5) is 23.5. The highest BCUT2D eigenvalue weighted by Crippen LogP contribution is 2.36. The molecule has 0 radical (unpaired) electrons. The highest BCUT2D eigenvalue weighted by atomic mass is 35.5. The lowest BCUT2D eigenvalue weighted by Crippen LogP contribution is -2.32. The topological polar surface area (TPSA) is 103 Å². The van der Waals surface area contributed by atoms with Gasteiger partial charge >= 0.3 is 0 Å². The van der Waals surface area contributed by atoms with Gasteiger partial charge in [0.25, 0.3) is 0 Å². The van der Waals surface area contributed by atoms with Crippen LogP contribution in [-0.2, 0) is 4.79 Å². The molecule has 0 aliphatic carbocycles. The molecular weight excluding hydrogens is 358 g/mol. The van der Waals surface area contributed by atoms with Crippen LogP contribution in [0.3, 0.4) is 0 Å². The molecule has 0 unspecified atom stereocenters. The Morgan fingerprint density at radius 1 is 1.08 bits per heavy atom. The highest BCUT2D eigenvalue weighted by molar-refractivity contribution is 6.32. The summed E-state index contributed by atoms with van der Waals surface area (Å²) in [6, 6.07) is 8.99. The largest absolute Gasteiger partial charge is 0.495 e. The van der Waals surface area contributed by atoms with Crippen LogP contribution in [0.15, 0.2) is 36.4 Å². The predicted octanol–water partition coefficient (Wildman–Crippen LogP) is 2.90. The molecule has 0 aromatic heterocycles. The third kappa shape index (κ3) is 4.58. The van der Waals surface area contributed by atoms with Crippen molar-refractivity contribution in [1.29, 1.82) is 0 Å². The van der Waals surface area contributed by atoms with Crippen LogP contribution in [0.25, 0.3) is 0 Å². The van der Waals surface area contributed by atoms with Gasteiger partial charge in [-0.1, -0.05) is 11.6 Å². The molecule has 2 aromatic carbocycles. The van der Waals surface area contributed by atoms with Crippen LogP contribution in [0.2, 0.25) is 5.02 Å².